The van der Waals surface area contributed by atoms with Crippen molar-refractivity contribution >= 4 is 6.09 Å². The molecule has 0 aliphatic carbocycles. The summed E-state index contributed by atoms with van der Waals surface area (Å²) in [7, 11) is 0. The fourth-order valence-electron chi connectivity index (χ4n) is 2.48. The molecular weight excluding hydrogens is 252 g/mol. The van der Waals surface area contributed by atoms with Gasteiger partial charge in [0.1, 0.15) is 5.60 Å². The molecular formula is C16H32N2O2. The van der Waals surface area contributed by atoms with E-state index in [2.05, 4.69) is 26.1 Å². The average Bonchev–Trinajstić information content (AvgIpc) is 2.25. The van der Waals surface area contributed by atoms with Gasteiger partial charge in [-0.05, 0) is 73.8 Å². The van der Waals surface area contributed by atoms with Gasteiger partial charge in [0, 0.05) is 18.1 Å². The minimum absolute atomic E-state index is 0.130. The van der Waals surface area contributed by atoms with Crippen molar-refractivity contribution in [3.05, 3.63) is 0 Å². The lowest BCUT2D eigenvalue weighted by Gasteiger charge is -2.37. The summed E-state index contributed by atoms with van der Waals surface area (Å²) in [6.45, 7) is 14.0. The first-order chi connectivity index (χ1) is 9.08. The largest absolute Gasteiger partial charge is 0.444 e. The first-order valence-electron chi connectivity index (χ1n) is 7.83. The molecule has 0 aromatic carbocycles. The number of carbonyl (C=O) groups is 1. The lowest BCUT2D eigenvalue weighted by atomic mass is 9.99. The maximum absolute atomic E-state index is 12.3. The average molecular weight is 284 g/mol. The second-order valence-electron chi connectivity index (χ2n) is 7.79. The van der Waals surface area contributed by atoms with Gasteiger partial charge in [-0.3, -0.25) is 0 Å². The number of hydrogen-bond acceptors (Lipinski definition) is 3. The van der Waals surface area contributed by atoms with Crippen LogP contribution in [0.25, 0.3) is 0 Å². The van der Waals surface area contributed by atoms with E-state index >= 15 is 0 Å². The molecule has 1 fully saturated rings. The highest BCUT2D eigenvalue weighted by Crippen LogP contribution is 2.22. The summed E-state index contributed by atoms with van der Waals surface area (Å²) in [5.41, 5.74) is -0.284. The molecule has 0 aromatic rings. The molecule has 1 amide bonds. The van der Waals surface area contributed by atoms with Gasteiger partial charge in [0.2, 0.25) is 0 Å². The molecule has 0 spiro atoms. The Morgan fingerprint density at radius 1 is 1.20 bits per heavy atom. The minimum atomic E-state index is -0.414. The van der Waals surface area contributed by atoms with Crippen molar-refractivity contribution in [1.29, 1.82) is 0 Å². The highest BCUT2D eigenvalue weighted by atomic mass is 16.6. The molecule has 0 bridgehead atoms. The standard InChI is InChI=1S/C16H32N2O2/c1-15(2,3)17-11-10-13-9-7-8-12-18(13)14(19)20-16(4,5)6/h13,17H,7-12H2,1-6H3. The summed E-state index contributed by atoms with van der Waals surface area (Å²) in [5.74, 6) is 0. The Kier molecular flexibility index (Phi) is 5.87. The third-order valence-electron chi connectivity index (χ3n) is 3.39. The van der Waals surface area contributed by atoms with Gasteiger partial charge in [-0.25, -0.2) is 4.79 Å². The van der Waals surface area contributed by atoms with E-state index in [9.17, 15) is 4.79 Å². The number of rotatable bonds is 3. The fraction of sp³-hybridized carbons (Fsp3) is 0.938. The van der Waals surface area contributed by atoms with Gasteiger partial charge in [0.05, 0.1) is 0 Å². The van der Waals surface area contributed by atoms with Crippen LogP contribution in [-0.2, 0) is 4.74 Å². The predicted molar refractivity (Wildman–Crippen MR) is 83.0 cm³/mol. The van der Waals surface area contributed by atoms with Gasteiger partial charge in [-0.15, -0.1) is 0 Å². The predicted octanol–water partition coefficient (Wildman–Crippen LogP) is 3.55. The van der Waals surface area contributed by atoms with Gasteiger partial charge >= 0.3 is 6.09 Å². The Morgan fingerprint density at radius 2 is 1.85 bits per heavy atom. The van der Waals surface area contributed by atoms with Crippen molar-refractivity contribution in [1.82, 2.24) is 10.2 Å². The van der Waals surface area contributed by atoms with E-state index in [1.54, 1.807) is 0 Å². The third kappa shape index (κ3) is 6.60. The summed E-state index contributed by atoms with van der Waals surface area (Å²) in [6.07, 6.45) is 4.22. The number of amides is 1. The van der Waals surface area contributed by atoms with Crippen LogP contribution in [0.1, 0.15) is 67.2 Å². The molecule has 1 rings (SSSR count). The van der Waals surface area contributed by atoms with Crippen LogP contribution in [0.4, 0.5) is 4.79 Å². The van der Waals surface area contributed by atoms with Crippen molar-refractivity contribution in [2.24, 2.45) is 0 Å². The zero-order valence-corrected chi connectivity index (χ0v) is 14.1. The van der Waals surface area contributed by atoms with E-state index in [-0.39, 0.29) is 11.6 Å². The molecule has 1 unspecified atom stereocenters. The summed E-state index contributed by atoms with van der Waals surface area (Å²) in [5, 5.41) is 3.50. The first-order valence-corrected chi connectivity index (χ1v) is 7.83. The molecule has 1 atom stereocenters. The monoisotopic (exact) mass is 284 g/mol. The van der Waals surface area contributed by atoms with Crippen LogP contribution in [0.15, 0.2) is 0 Å². The van der Waals surface area contributed by atoms with Gasteiger partial charge in [-0.1, -0.05) is 0 Å². The number of piperidine rings is 1. The van der Waals surface area contributed by atoms with E-state index in [1.165, 1.54) is 6.42 Å². The summed E-state index contributed by atoms with van der Waals surface area (Å²) < 4.78 is 5.52. The van der Waals surface area contributed by atoms with Gasteiger partial charge in [0.25, 0.3) is 0 Å². The number of carbonyl (C=O) groups excluding carboxylic acids is 1. The van der Waals surface area contributed by atoms with Crippen molar-refractivity contribution < 1.29 is 9.53 Å². The Hall–Kier alpha value is -0.770. The lowest BCUT2D eigenvalue weighted by Crippen LogP contribution is -2.48. The third-order valence-corrected chi connectivity index (χ3v) is 3.39. The minimum Gasteiger partial charge on any atom is -0.444 e. The first kappa shape index (κ1) is 17.3. The molecule has 118 valence electrons. The topological polar surface area (TPSA) is 41.6 Å². The summed E-state index contributed by atoms with van der Waals surface area (Å²) in [6, 6.07) is 0.313. The van der Waals surface area contributed by atoms with Crippen molar-refractivity contribution in [2.45, 2.75) is 84.4 Å². The Morgan fingerprint density at radius 3 is 2.40 bits per heavy atom. The molecule has 20 heavy (non-hydrogen) atoms. The van der Waals surface area contributed by atoms with Crippen LogP contribution in [0.5, 0.6) is 0 Å². The molecule has 4 nitrogen and oxygen atoms in total. The normalized spacial score (nSPS) is 20.9. The quantitative estimate of drug-likeness (QED) is 0.861. The highest BCUT2D eigenvalue weighted by molar-refractivity contribution is 5.68. The maximum atomic E-state index is 12.3. The molecule has 0 radical (unpaired) electrons. The lowest BCUT2D eigenvalue weighted by molar-refractivity contribution is 0.00881. The van der Waals surface area contributed by atoms with Crippen molar-refractivity contribution in [2.75, 3.05) is 13.1 Å². The van der Waals surface area contributed by atoms with E-state index < -0.39 is 5.60 Å². The number of nitrogens with one attached hydrogen (secondary N) is 1. The molecule has 4 heteroatoms. The van der Waals surface area contributed by atoms with E-state index in [0.717, 1.165) is 32.4 Å². The fourth-order valence-corrected chi connectivity index (χ4v) is 2.48. The molecule has 0 saturated carbocycles. The zero-order valence-electron chi connectivity index (χ0n) is 14.1. The Bertz CT molecular complexity index is 315. The van der Waals surface area contributed by atoms with Crippen LogP contribution in [0.2, 0.25) is 0 Å². The maximum Gasteiger partial charge on any atom is 0.410 e. The molecule has 1 saturated heterocycles. The van der Waals surface area contributed by atoms with Crippen molar-refractivity contribution in [3.8, 4) is 0 Å². The molecule has 0 aromatic heterocycles. The van der Waals surface area contributed by atoms with E-state index in [4.69, 9.17) is 4.74 Å². The van der Waals surface area contributed by atoms with Gasteiger partial charge in [0.15, 0.2) is 0 Å². The smallest absolute Gasteiger partial charge is 0.410 e. The summed E-state index contributed by atoms with van der Waals surface area (Å²) >= 11 is 0. The SMILES string of the molecule is CC(C)(C)NCCC1CCCCN1C(=O)OC(C)(C)C. The Labute approximate surface area is 124 Å². The van der Waals surface area contributed by atoms with E-state index in [0.29, 0.717) is 6.04 Å². The van der Waals surface area contributed by atoms with E-state index in [1.807, 2.05) is 25.7 Å². The van der Waals surface area contributed by atoms with Crippen LogP contribution in [-0.4, -0.2) is 41.3 Å². The molecule has 1 aliphatic heterocycles. The molecule has 1 N–H and O–H groups in total. The highest BCUT2D eigenvalue weighted by Gasteiger charge is 2.30. The van der Waals surface area contributed by atoms with Crippen LogP contribution in [0, 0.1) is 0 Å². The molecule has 1 heterocycles. The second-order valence-corrected chi connectivity index (χ2v) is 7.79. The molecule has 1 aliphatic rings. The Balaban J connectivity index is 2.51. The number of nitrogens with zero attached hydrogens (tertiary/aromatic N) is 1. The van der Waals surface area contributed by atoms with Gasteiger partial charge < -0.3 is 15.0 Å². The number of hydrogen-bond donors (Lipinski definition) is 1. The second kappa shape index (κ2) is 6.79. The number of likely N-dealkylation sites (tertiary alicyclic amines) is 1. The van der Waals surface area contributed by atoms with Crippen LogP contribution < -0.4 is 5.32 Å². The number of ether oxygens (including phenoxy) is 1. The summed E-state index contributed by atoms with van der Waals surface area (Å²) in [4.78, 5) is 14.2. The van der Waals surface area contributed by atoms with Gasteiger partial charge in [-0.2, -0.15) is 0 Å². The zero-order chi connectivity index (χ0) is 15.4. The van der Waals surface area contributed by atoms with Crippen LogP contribution in [0.3, 0.4) is 0 Å². The van der Waals surface area contributed by atoms with Crippen molar-refractivity contribution in [3.63, 3.8) is 0 Å². The van der Waals surface area contributed by atoms with Crippen LogP contribution >= 0.6 is 0 Å².